The van der Waals surface area contributed by atoms with E-state index in [1.54, 1.807) is 32.3 Å². The van der Waals surface area contributed by atoms with Crippen molar-refractivity contribution >= 4 is 23.2 Å². The highest BCUT2D eigenvalue weighted by Crippen LogP contribution is 2.45. The van der Waals surface area contributed by atoms with Crippen molar-refractivity contribution in [2.75, 3.05) is 39.9 Å². The predicted octanol–water partition coefficient (Wildman–Crippen LogP) is 5.07. The highest BCUT2D eigenvalue weighted by Gasteiger charge is 2.32. The van der Waals surface area contributed by atoms with Gasteiger partial charge in [0.15, 0.2) is 11.5 Å². The third kappa shape index (κ3) is 5.76. The number of benzene rings is 1. The van der Waals surface area contributed by atoms with Gasteiger partial charge in [-0.25, -0.2) is 0 Å². The number of methoxy groups -OCH3 is 1. The van der Waals surface area contributed by atoms with Crippen molar-refractivity contribution in [2.45, 2.75) is 58.6 Å². The maximum atomic E-state index is 14.0. The average molecular weight is 566 g/mol. The minimum atomic E-state index is -0.997. The fraction of sp³-hybridized carbons (Fsp3) is 0.484. The molecule has 214 valence electrons. The molecule has 2 aliphatic heterocycles. The Labute approximate surface area is 240 Å². The fourth-order valence-corrected chi connectivity index (χ4v) is 6.22. The number of fused-ring (bicyclic) bond motifs is 3. The number of carbonyl (C=O) groups excluding carboxylic acids is 2. The van der Waals surface area contributed by atoms with Crippen LogP contribution in [0.25, 0.3) is 21.7 Å². The number of aromatic nitrogens is 1. The molecule has 1 N–H and O–H groups in total. The number of unbranched alkanes of at least 4 members (excludes halogenated alkanes) is 1. The smallest absolute Gasteiger partial charge is 0.270 e. The second-order valence-electron chi connectivity index (χ2n) is 11.2. The highest BCUT2D eigenvalue weighted by atomic mass is 32.1. The van der Waals surface area contributed by atoms with Crippen molar-refractivity contribution in [3.05, 3.63) is 47.0 Å². The molecule has 0 radical (unpaired) electrons. The van der Waals surface area contributed by atoms with Crippen molar-refractivity contribution in [3.63, 3.8) is 0 Å². The first-order chi connectivity index (χ1) is 19.2. The first-order valence-corrected chi connectivity index (χ1v) is 15.0. The van der Waals surface area contributed by atoms with Crippen LogP contribution in [0.15, 0.2) is 35.7 Å². The average Bonchev–Trinajstić information content (AvgIpc) is 3.56. The van der Waals surface area contributed by atoms with Gasteiger partial charge < -0.3 is 28.9 Å². The van der Waals surface area contributed by atoms with Crippen LogP contribution in [0, 0.1) is 0 Å². The number of thiophene rings is 1. The Balaban J connectivity index is 1.54. The van der Waals surface area contributed by atoms with Gasteiger partial charge in [0.05, 0.1) is 18.4 Å². The Morgan fingerprint density at radius 3 is 2.60 bits per heavy atom. The van der Waals surface area contributed by atoms with Crippen LogP contribution in [0.2, 0.25) is 0 Å². The molecular weight excluding hydrogens is 526 g/mol. The first kappa shape index (κ1) is 28.2. The fourth-order valence-electron chi connectivity index (χ4n) is 5.47. The van der Waals surface area contributed by atoms with Gasteiger partial charge in [-0.15, -0.1) is 11.3 Å². The van der Waals surface area contributed by atoms with Crippen LogP contribution in [-0.2, 0) is 17.8 Å². The molecule has 9 heteroatoms. The van der Waals surface area contributed by atoms with E-state index in [0.717, 1.165) is 53.1 Å². The number of hydrogen-bond donors (Lipinski definition) is 1. The maximum Gasteiger partial charge on any atom is 0.270 e. The Kier molecular flexibility index (Phi) is 8.24. The number of aryl methyl sites for hydroxylation is 1. The van der Waals surface area contributed by atoms with Crippen LogP contribution in [0.1, 0.15) is 56.1 Å². The summed E-state index contributed by atoms with van der Waals surface area (Å²) in [4.78, 5) is 31.6. The van der Waals surface area contributed by atoms with Crippen molar-refractivity contribution in [1.82, 2.24) is 14.4 Å². The summed E-state index contributed by atoms with van der Waals surface area (Å²) in [5.41, 5.74) is 3.77. The number of aliphatic hydroxyl groups is 1. The van der Waals surface area contributed by atoms with Gasteiger partial charge in [0.25, 0.3) is 5.91 Å². The molecule has 4 heterocycles. The van der Waals surface area contributed by atoms with Gasteiger partial charge in [0, 0.05) is 55.1 Å². The van der Waals surface area contributed by atoms with Gasteiger partial charge in [-0.1, -0.05) is 19.4 Å². The van der Waals surface area contributed by atoms with Gasteiger partial charge in [-0.05, 0) is 61.9 Å². The molecule has 1 saturated heterocycles. The minimum Gasteiger partial charge on any atom is -0.493 e. The molecule has 2 aromatic heterocycles. The third-order valence-corrected chi connectivity index (χ3v) is 8.49. The lowest BCUT2D eigenvalue weighted by Crippen LogP contribution is -2.37. The SMILES string of the molecule is CCCCN1CCN(C(=O)c2cc(-c3cccs3)c3n2CCc2cc(OC)c(OCC(C)(C)O)cc2-3)CCC1=O. The molecular formula is C31H39N3O5S. The standard InChI is InChI=1S/C31H39N3O5S/c1-5-6-11-32-14-15-33(12-10-28(32)35)30(36)24-18-23(27-8-7-16-40-27)29-22-19-26(39-20-31(2,3)37)25(38-4)17-21(22)9-13-34(24)29/h7-8,16-19,37H,5-6,9-15,20H2,1-4H3. The van der Waals surface area contributed by atoms with E-state index in [4.69, 9.17) is 9.47 Å². The molecule has 1 fully saturated rings. The summed E-state index contributed by atoms with van der Waals surface area (Å²) >= 11 is 1.64. The second kappa shape index (κ2) is 11.7. The van der Waals surface area contributed by atoms with Crippen LogP contribution in [0.5, 0.6) is 11.5 Å². The summed E-state index contributed by atoms with van der Waals surface area (Å²) in [6.45, 7) is 8.59. The van der Waals surface area contributed by atoms with E-state index in [0.29, 0.717) is 49.8 Å². The Bertz CT molecular complexity index is 1370. The molecule has 3 aromatic rings. The number of carbonyl (C=O) groups is 2. The summed E-state index contributed by atoms with van der Waals surface area (Å²) in [5.74, 6) is 1.27. The van der Waals surface area contributed by atoms with E-state index in [1.165, 1.54) is 0 Å². The summed E-state index contributed by atoms with van der Waals surface area (Å²) < 4.78 is 13.8. The van der Waals surface area contributed by atoms with Crippen molar-refractivity contribution < 1.29 is 24.2 Å². The van der Waals surface area contributed by atoms with Crippen LogP contribution >= 0.6 is 11.3 Å². The summed E-state index contributed by atoms with van der Waals surface area (Å²) in [6, 6.07) is 10.1. The summed E-state index contributed by atoms with van der Waals surface area (Å²) in [6.07, 6.45) is 3.10. The monoisotopic (exact) mass is 565 g/mol. The van der Waals surface area contributed by atoms with Crippen molar-refractivity contribution in [2.24, 2.45) is 0 Å². The second-order valence-corrected chi connectivity index (χ2v) is 12.2. The van der Waals surface area contributed by atoms with Gasteiger partial charge >= 0.3 is 0 Å². The van der Waals surface area contributed by atoms with E-state index in [1.807, 2.05) is 39.4 Å². The Morgan fingerprint density at radius 1 is 1.07 bits per heavy atom. The summed E-state index contributed by atoms with van der Waals surface area (Å²) in [7, 11) is 1.62. The molecule has 0 saturated carbocycles. The first-order valence-electron chi connectivity index (χ1n) is 14.1. The predicted molar refractivity (Wildman–Crippen MR) is 157 cm³/mol. The normalized spacial score (nSPS) is 15.5. The van der Waals surface area contributed by atoms with E-state index >= 15 is 0 Å². The van der Waals surface area contributed by atoms with Crippen LogP contribution in [0.3, 0.4) is 0 Å². The molecule has 0 unspecified atom stereocenters. The van der Waals surface area contributed by atoms with Gasteiger partial charge in [0.1, 0.15) is 12.3 Å². The van der Waals surface area contributed by atoms with Crippen LogP contribution < -0.4 is 9.47 Å². The van der Waals surface area contributed by atoms with E-state index in [2.05, 4.69) is 17.6 Å². The molecule has 5 rings (SSSR count). The number of hydrogen-bond acceptors (Lipinski definition) is 6. The molecule has 0 bridgehead atoms. The largest absolute Gasteiger partial charge is 0.493 e. The molecule has 1 aromatic carbocycles. The lowest BCUT2D eigenvalue weighted by molar-refractivity contribution is -0.130. The Hall–Kier alpha value is -3.30. The lowest BCUT2D eigenvalue weighted by Gasteiger charge is -2.26. The summed E-state index contributed by atoms with van der Waals surface area (Å²) in [5, 5.41) is 12.3. The minimum absolute atomic E-state index is 0.0373. The number of amides is 2. The quantitative estimate of drug-likeness (QED) is 0.392. The van der Waals surface area contributed by atoms with Crippen molar-refractivity contribution in [3.8, 4) is 33.2 Å². The number of rotatable bonds is 9. The maximum absolute atomic E-state index is 14.0. The molecule has 2 aliphatic rings. The molecule has 8 nitrogen and oxygen atoms in total. The molecule has 0 atom stereocenters. The number of ether oxygens (including phenoxy) is 2. The molecule has 0 aliphatic carbocycles. The lowest BCUT2D eigenvalue weighted by atomic mass is 9.95. The van der Waals surface area contributed by atoms with Gasteiger partial charge in [0.2, 0.25) is 5.91 Å². The van der Waals surface area contributed by atoms with Crippen LogP contribution in [0.4, 0.5) is 0 Å². The van der Waals surface area contributed by atoms with E-state index in [-0.39, 0.29) is 18.4 Å². The van der Waals surface area contributed by atoms with E-state index < -0.39 is 5.60 Å². The van der Waals surface area contributed by atoms with E-state index in [9.17, 15) is 14.7 Å². The van der Waals surface area contributed by atoms with Gasteiger partial charge in [-0.3, -0.25) is 9.59 Å². The third-order valence-electron chi connectivity index (χ3n) is 7.59. The topological polar surface area (TPSA) is 84.2 Å². The molecule has 0 spiro atoms. The Morgan fingerprint density at radius 2 is 1.90 bits per heavy atom. The molecule has 40 heavy (non-hydrogen) atoms. The zero-order valence-electron chi connectivity index (χ0n) is 23.9. The van der Waals surface area contributed by atoms with Gasteiger partial charge in [-0.2, -0.15) is 0 Å². The highest BCUT2D eigenvalue weighted by molar-refractivity contribution is 7.13. The zero-order valence-corrected chi connectivity index (χ0v) is 24.7. The number of nitrogens with zero attached hydrogens (tertiary/aromatic N) is 3. The van der Waals surface area contributed by atoms with Crippen LogP contribution in [-0.4, -0.2) is 76.8 Å². The zero-order chi connectivity index (χ0) is 28.4. The molecule has 2 amide bonds. The van der Waals surface area contributed by atoms with Crippen molar-refractivity contribution in [1.29, 1.82) is 0 Å².